The predicted molar refractivity (Wildman–Crippen MR) is 109 cm³/mol. The third-order valence-electron chi connectivity index (χ3n) is 6.28. The third kappa shape index (κ3) is 4.75. The molecule has 1 aliphatic carbocycles. The van der Waals surface area contributed by atoms with Crippen LogP contribution in [0.4, 0.5) is 14.5 Å². The van der Waals surface area contributed by atoms with Crippen molar-refractivity contribution in [3.63, 3.8) is 0 Å². The van der Waals surface area contributed by atoms with Crippen LogP contribution in [-0.2, 0) is 16.1 Å². The van der Waals surface area contributed by atoms with E-state index in [1.54, 1.807) is 4.90 Å². The smallest absolute Gasteiger partial charge is 0.248 e. The van der Waals surface area contributed by atoms with Crippen molar-refractivity contribution in [3.05, 3.63) is 41.0 Å². The Bertz CT molecular complexity index is 981. The minimum atomic E-state index is -2.61. The molecular weight excluding hydrogens is 406 g/mol. The average Bonchev–Trinajstić information content (AvgIpc) is 3.35. The number of aromatic nitrogens is 2. The molecule has 1 saturated heterocycles. The lowest BCUT2D eigenvalue weighted by Gasteiger charge is -2.26. The van der Waals surface area contributed by atoms with Crippen LogP contribution in [0.25, 0.3) is 0 Å². The molecule has 31 heavy (non-hydrogen) atoms. The van der Waals surface area contributed by atoms with E-state index in [1.807, 2.05) is 32.0 Å². The summed E-state index contributed by atoms with van der Waals surface area (Å²) in [5, 5.41) is 6.65. The fourth-order valence-corrected chi connectivity index (χ4v) is 4.14. The van der Waals surface area contributed by atoms with E-state index in [9.17, 15) is 18.4 Å². The van der Waals surface area contributed by atoms with Gasteiger partial charge in [0.2, 0.25) is 23.6 Å². The SMILES string of the molecule is Cc1ccc(N2CC(C(=O)NCc3nc(C4CCC(F)(F)CC4)no3)CC2=O)cc1C. The minimum absolute atomic E-state index is 0.0447. The van der Waals surface area contributed by atoms with Gasteiger partial charge in [-0.25, -0.2) is 8.78 Å². The number of nitrogens with one attached hydrogen (secondary N) is 1. The van der Waals surface area contributed by atoms with E-state index in [0.717, 1.165) is 16.8 Å². The number of halogens is 2. The Balaban J connectivity index is 1.31. The largest absolute Gasteiger partial charge is 0.347 e. The zero-order valence-electron chi connectivity index (χ0n) is 17.7. The molecule has 2 amide bonds. The molecule has 2 fully saturated rings. The first-order chi connectivity index (χ1) is 14.7. The maximum absolute atomic E-state index is 13.3. The maximum Gasteiger partial charge on any atom is 0.248 e. The predicted octanol–water partition coefficient (Wildman–Crippen LogP) is 3.65. The van der Waals surface area contributed by atoms with Crippen LogP contribution in [0.1, 0.15) is 60.9 Å². The Morgan fingerprint density at radius 2 is 2.00 bits per heavy atom. The molecule has 9 heteroatoms. The summed E-state index contributed by atoms with van der Waals surface area (Å²) in [5.41, 5.74) is 3.03. The molecule has 7 nitrogen and oxygen atoms in total. The van der Waals surface area contributed by atoms with Gasteiger partial charge in [-0.05, 0) is 49.9 Å². The van der Waals surface area contributed by atoms with Gasteiger partial charge in [0.05, 0.1) is 12.5 Å². The lowest BCUT2D eigenvalue weighted by molar-refractivity contribution is -0.126. The van der Waals surface area contributed by atoms with Crippen molar-refractivity contribution in [2.45, 2.75) is 64.3 Å². The number of carbonyl (C=O) groups excluding carboxylic acids is 2. The molecule has 1 N–H and O–H groups in total. The summed E-state index contributed by atoms with van der Waals surface area (Å²) >= 11 is 0. The topological polar surface area (TPSA) is 88.3 Å². The molecule has 1 aliphatic heterocycles. The van der Waals surface area contributed by atoms with Gasteiger partial charge in [0.15, 0.2) is 5.82 Å². The number of hydrogen-bond acceptors (Lipinski definition) is 5. The number of nitrogens with zero attached hydrogens (tertiary/aromatic N) is 3. The minimum Gasteiger partial charge on any atom is -0.347 e. The fraction of sp³-hybridized carbons (Fsp3) is 0.545. The Morgan fingerprint density at radius 3 is 2.71 bits per heavy atom. The van der Waals surface area contributed by atoms with Gasteiger partial charge >= 0.3 is 0 Å². The van der Waals surface area contributed by atoms with Crippen LogP contribution in [-0.4, -0.2) is 34.4 Å². The lowest BCUT2D eigenvalue weighted by Crippen LogP contribution is -2.32. The van der Waals surface area contributed by atoms with Crippen LogP contribution >= 0.6 is 0 Å². The van der Waals surface area contributed by atoms with Crippen molar-refractivity contribution >= 4 is 17.5 Å². The number of rotatable bonds is 5. The highest BCUT2D eigenvalue weighted by atomic mass is 19.3. The van der Waals surface area contributed by atoms with Gasteiger partial charge in [-0.15, -0.1) is 0 Å². The van der Waals surface area contributed by atoms with Crippen LogP contribution in [0.5, 0.6) is 0 Å². The number of amides is 2. The summed E-state index contributed by atoms with van der Waals surface area (Å²) in [6.45, 7) is 4.36. The first kappa shape index (κ1) is 21.4. The zero-order valence-corrected chi connectivity index (χ0v) is 17.7. The highest BCUT2D eigenvalue weighted by molar-refractivity contribution is 6.00. The van der Waals surface area contributed by atoms with Gasteiger partial charge in [-0.2, -0.15) is 4.98 Å². The second kappa shape index (κ2) is 8.36. The highest BCUT2D eigenvalue weighted by Gasteiger charge is 2.37. The molecule has 1 aromatic carbocycles. The summed E-state index contributed by atoms with van der Waals surface area (Å²) in [5.74, 6) is -2.91. The molecule has 1 aromatic heterocycles. The molecule has 2 aliphatic rings. The van der Waals surface area contributed by atoms with E-state index in [-0.39, 0.29) is 49.4 Å². The van der Waals surface area contributed by atoms with Gasteiger partial charge in [0, 0.05) is 37.4 Å². The summed E-state index contributed by atoms with van der Waals surface area (Å²) in [7, 11) is 0. The number of anilines is 1. The summed E-state index contributed by atoms with van der Waals surface area (Å²) in [4.78, 5) is 30.9. The van der Waals surface area contributed by atoms with Gasteiger partial charge in [-0.3, -0.25) is 9.59 Å². The van der Waals surface area contributed by atoms with Crippen molar-refractivity contribution in [2.24, 2.45) is 5.92 Å². The lowest BCUT2D eigenvalue weighted by atomic mass is 9.86. The first-order valence-electron chi connectivity index (χ1n) is 10.6. The average molecular weight is 432 g/mol. The van der Waals surface area contributed by atoms with Gasteiger partial charge < -0.3 is 14.7 Å². The van der Waals surface area contributed by atoms with Crippen LogP contribution in [0, 0.1) is 19.8 Å². The monoisotopic (exact) mass is 432 g/mol. The van der Waals surface area contributed by atoms with Gasteiger partial charge in [0.1, 0.15) is 0 Å². The van der Waals surface area contributed by atoms with Gasteiger partial charge in [0.25, 0.3) is 0 Å². The second-order valence-electron chi connectivity index (χ2n) is 8.57. The Morgan fingerprint density at radius 1 is 1.26 bits per heavy atom. The Hall–Kier alpha value is -2.84. The molecule has 0 bridgehead atoms. The van der Waals surface area contributed by atoms with Gasteiger partial charge in [-0.1, -0.05) is 11.2 Å². The normalized spacial score (nSPS) is 21.5. The summed E-state index contributed by atoms with van der Waals surface area (Å²) in [6.07, 6.45) is 0.424. The standard InChI is InChI=1S/C22H26F2N4O3/c1-13-3-4-17(9-14(13)2)28-12-16(10-19(28)29)21(30)25-11-18-26-20(27-31-18)15-5-7-22(23,24)8-6-15/h3-4,9,15-16H,5-8,10-12H2,1-2H3,(H,25,30). The molecular formula is C22H26F2N4O3. The fourth-order valence-electron chi connectivity index (χ4n) is 4.14. The maximum atomic E-state index is 13.3. The Labute approximate surface area is 179 Å². The molecule has 1 saturated carbocycles. The molecule has 1 unspecified atom stereocenters. The summed E-state index contributed by atoms with van der Waals surface area (Å²) < 4.78 is 31.8. The molecule has 1 atom stereocenters. The number of aryl methyl sites for hydroxylation is 2. The van der Waals surface area contributed by atoms with Crippen molar-refractivity contribution in [1.82, 2.24) is 15.5 Å². The van der Waals surface area contributed by atoms with E-state index >= 15 is 0 Å². The number of carbonyl (C=O) groups is 2. The van der Waals surface area contributed by atoms with Crippen LogP contribution in [0.15, 0.2) is 22.7 Å². The second-order valence-corrected chi connectivity index (χ2v) is 8.57. The number of benzene rings is 1. The highest BCUT2D eigenvalue weighted by Crippen LogP contribution is 2.39. The Kier molecular flexibility index (Phi) is 5.77. The molecule has 4 rings (SSSR count). The number of alkyl halides is 2. The quantitative estimate of drug-likeness (QED) is 0.779. The first-order valence-corrected chi connectivity index (χ1v) is 10.6. The summed E-state index contributed by atoms with van der Waals surface area (Å²) in [6, 6.07) is 5.81. The number of hydrogen-bond donors (Lipinski definition) is 1. The van der Waals surface area contributed by atoms with E-state index in [4.69, 9.17) is 4.52 Å². The molecule has 2 heterocycles. The molecule has 0 radical (unpaired) electrons. The van der Waals surface area contributed by atoms with Crippen LogP contribution in [0.3, 0.4) is 0 Å². The van der Waals surface area contributed by atoms with Crippen LogP contribution < -0.4 is 10.2 Å². The van der Waals surface area contributed by atoms with Crippen molar-refractivity contribution < 1.29 is 22.9 Å². The van der Waals surface area contributed by atoms with Crippen LogP contribution in [0.2, 0.25) is 0 Å². The molecule has 2 aromatic rings. The van der Waals surface area contributed by atoms with E-state index in [2.05, 4.69) is 15.5 Å². The van der Waals surface area contributed by atoms with Crippen molar-refractivity contribution in [3.8, 4) is 0 Å². The zero-order chi connectivity index (χ0) is 22.2. The van der Waals surface area contributed by atoms with E-state index in [0.29, 0.717) is 25.2 Å². The van der Waals surface area contributed by atoms with E-state index in [1.165, 1.54) is 0 Å². The van der Waals surface area contributed by atoms with Crippen molar-refractivity contribution in [2.75, 3.05) is 11.4 Å². The third-order valence-corrected chi connectivity index (χ3v) is 6.28. The van der Waals surface area contributed by atoms with E-state index < -0.39 is 11.8 Å². The van der Waals surface area contributed by atoms with Crippen molar-refractivity contribution in [1.29, 1.82) is 0 Å². The molecule has 0 spiro atoms. The molecule has 166 valence electrons.